The Morgan fingerprint density at radius 1 is 1.39 bits per heavy atom. The third-order valence-electron chi connectivity index (χ3n) is 2.98. The second-order valence-electron chi connectivity index (χ2n) is 4.77. The summed E-state index contributed by atoms with van der Waals surface area (Å²) >= 11 is 1.05. The fourth-order valence-electron chi connectivity index (χ4n) is 1.77. The number of thioether (sulfide) groups is 1. The van der Waals surface area contributed by atoms with E-state index in [0.717, 1.165) is 23.9 Å². The SMILES string of the molecule is CCc1cc(=O)[nH]c(SC(C)C(=O)Nc2ccc(F)cc2F)n1. The summed E-state index contributed by atoms with van der Waals surface area (Å²) < 4.78 is 26.4. The Bertz CT molecular complexity index is 780. The molecule has 8 heteroatoms. The van der Waals surface area contributed by atoms with Crippen LogP contribution in [-0.2, 0) is 11.2 Å². The van der Waals surface area contributed by atoms with Crippen molar-refractivity contribution in [2.45, 2.75) is 30.7 Å². The van der Waals surface area contributed by atoms with E-state index in [4.69, 9.17) is 0 Å². The van der Waals surface area contributed by atoms with Crippen molar-refractivity contribution in [2.24, 2.45) is 0 Å². The summed E-state index contributed by atoms with van der Waals surface area (Å²) in [5, 5.41) is 2.07. The monoisotopic (exact) mass is 339 g/mol. The molecule has 2 rings (SSSR count). The van der Waals surface area contributed by atoms with Gasteiger partial charge in [-0.3, -0.25) is 9.59 Å². The molecule has 0 aliphatic carbocycles. The smallest absolute Gasteiger partial charge is 0.251 e. The third kappa shape index (κ3) is 4.62. The standard InChI is InChI=1S/C15H15F2N3O2S/c1-3-10-7-13(21)20-15(18-10)23-8(2)14(22)19-12-5-4-9(16)6-11(12)17/h4-8H,3H2,1-2H3,(H,19,22)(H,18,20,21). The average Bonchev–Trinajstić information content (AvgIpc) is 2.49. The van der Waals surface area contributed by atoms with Crippen molar-refractivity contribution in [1.82, 2.24) is 9.97 Å². The summed E-state index contributed by atoms with van der Waals surface area (Å²) in [5.41, 5.74) is 0.220. The number of anilines is 1. The van der Waals surface area contributed by atoms with Crippen LogP contribution in [0, 0.1) is 11.6 Å². The van der Waals surface area contributed by atoms with Gasteiger partial charge in [-0.2, -0.15) is 0 Å². The Morgan fingerprint density at radius 2 is 2.13 bits per heavy atom. The number of halogens is 2. The van der Waals surface area contributed by atoms with Crippen molar-refractivity contribution in [1.29, 1.82) is 0 Å². The normalized spacial score (nSPS) is 12.0. The third-order valence-corrected chi connectivity index (χ3v) is 3.97. The fraction of sp³-hybridized carbons (Fsp3) is 0.267. The number of aryl methyl sites for hydroxylation is 1. The molecule has 0 saturated carbocycles. The number of rotatable bonds is 5. The van der Waals surface area contributed by atoms with Gasteiger partial charge in [0.1, 0.15) is 11.6 Å². The number of H-pyrrole nitrogens is 1. The maximum atomic E-state index is 13.5. The van der Waals surface area contributed by atoms with E-state index in [0.29, 0.717) is 23.3 Å². The number of benzene rings is 1. The largest absolute Gasteiger partial charge is 0.323 e. The Balaban J connectivity index is 2.08. The number of carbonyl (C=O) groups is 1. The first kappa shape index (κ1) is 17.1. The topological polar surface area (TPSA) is 74.8 Å². The van der Waals surface area contributed by atoms with E-state index in [1.54, 1.807) is 6.92 Å². The molecule has 1 heterocycles. The predicted octanol–water partition coefficient (Wildman–Crippen LogP) is 2.73. The van der Waals surface area contributed by atoms with Gasteiger partial charge >= 0.3 is 0 Å². The summed E-state index contributed by atoms with van der Waals surface area (Å²) in [5.74, 6) is -2.05. The van der Waals surface area contributed by atoms with Crippen molar-refractivity contribution in [2.75, 3.05) is 5.32 Å². The lowest BCUT2D eigenvalue weighted by Crippen LogP contribution is -2.24. The van der Waals surface area contributed by atoms with Crippen molar-refractivity contribution in [3.63, 3.8) is 0 Å². The van der Waals surface area contributed by atoms with Crippen LogP contribution < -0.4 is 10.9 Å². The lowest BCUT2D eigenvalue weighted by Gasteiger charge is -2.12. The molecule has 2 aromatic rings. The molecule has 0 saturated heterocycles. The molecule has 122 valence electrons. The lowest BCUT2D eigenvalue weighted by atomic mass is 10.3. The summed E-state index contributed by atoms with van der Waals surface area (Å²) in [6, 6.07) is 4.29. The average molecular weight is 339 g/mol. The second kappa shape index (κ2) is 7.36. The predicted molar refractivity (Wildman–Crippen MR) is 84.5 cm³/mol. The molecule has 1 aromatic carbocycles. The quantitative estimate of drug-likeness (QED) is 0.649. The van der Waals surface area contributed by atoms with Crippen molar-refractivity contribution < 1.29 is 13.6 Å². The summed E-state index contributed by atoms with van der Waals surface area (Å²) in [4.78, 5) is 30.3. The summed E-state index contributed by atoms with van der Waals surface area (Å²) in [7, 11) is 0. The van der Waals surface area contributed by atoms with E-state index in [1.165, 1.54) is 6.07 Å². The van der Waals surface area contributed by atoms with Crippen LogP contribution in [0.4, 0.5) is 14.5 Å². The molecule has 1 aromatic heterocycles. The number of aromatic nitrogens is 2. The molecular weight excluding hydrogens is 324 g/mol. The van der Waals surface area contributed by atoms with Crippen molar-refractivity contribution in [3.8, 4) is 0 Å². The van der Waals surface area contributed by atoms with Crippen LogP contribution >= 0.6 is 11.8 Å². The zero-order chi connectivity index (χ0) is 17.0. The maximum Gasteiger partial charge on any atom is 0.251 e. The Kier molecular flexibility index (Phi) is 5.49. The van der Waals surface area contributed by atoms with Crippen LogP contribution in [0.25, 0.3) is 0 Å². The molecule has 0 aliphatic rings. The molecule has 1 atom stereocenters. The number of aromatic amines is 1. The van der Waals surface area contributed by atoms with Gasteiger partial charge in [-0.25, -0.2) is 13.8 Å². The number of nitrogens with one attached hydrogen (secondary N) is 2. The van der Waals surface area contributed by atoms with Crippen LogP contribution in [0.2, 0.25) is 0 Å². The lowest BCUT2D eigenvalue weighted by molar-refractivity contribution is -0.115. The minimum Gasteiger partial charge on any atom is -0.323 e. The highest BCUT2D eigenvalue weighted by molar-refractivity contribution is 8.00. The summed E-state index contributed by atoms with van der Waals surface area (Å²) in [6.07, 6.45) is 0.596. The van der Waals surface area contributed by atoms with Crippen LogP contribution in [0.1, 0.15) is 19.5 Å². The molecule has 1 unspecified atom stereocenters. The van der Waals surface area contributed by atoms with Crippen LogP contribution in [0.15, 0.2) is 34.2 Å². The molecule has 0 aliphatic heterocycles. The van der Waals surface area contributed by atoms with Crippen molar-refractivity contribution in [3.05, 3.63) is 51.9 Å². The summed E-state index contributed by atoms with van der Waals surface area (Å²) in [6.45, 7) is 3.46. The minimum atomic E-state index is -0.852. The number of carbonyl (C=O) groups excluding carboxylic acids is 1. The van der Waals surface area contributed by atoms with Gasteiger partial charge in [0, 0.05) is 17.8 Å². The molecule has 0 fully saturated rings. The van der Waals surface area contributed by atoms with Crippen LogP contribution in [0.3, 0.4) is 0 Å². The second-order valence-corrected chi connectivity index (χ2v) is 6.10. The van der Waals surface area contributed by atoms with Gasteiger partial charge in [0.2, 0.25) is 5.91 Å². The number of hydrogen-bond acceptors (Lipinski definition) is 4. The molecule has 23 heavy (non-hydrogen) atoms. The number of amides is 1. The molecule has 0 spiro atoms. The van der Waals surface area contributed by atoms with E-state index in [-0.39, 0.29) is 11.2 Å². The molecule has 0 bridgehead atoms. The number of nitrogens with zero attached hydrogens (tertiary/aromatic N) is 1. The Morgan fingerprint density at radius 3 is 2.78 bits per heavy atom. The molecular formula is C15H15F2N3O2S. The highest BCUT2D eigenvalue weighted by Gasteiger charge is 2.18. The zero-order valence-electron chi connectivity index (χ0n) is 12.5. The number of hydrogen-bond donors (Lipinski definition) is 2. The maximum absolute atomic E-state index is 13.5. The van der Waals surface area contributed by atoms with Crippen LogP contribution in [-0.4, -0.2) is 21.1 Å². The van der Waals surface area contributed by atoms with Crippen molar-refractivity contribution >= 4 is 23.4 Å². The van der Waals surface area contributed by atoms with E-state index in [2.05, 4.69) is 15.3 Å². The first-order valence-corrected chi connectivity index (χ1v) is 7.79. The van der Waals surface area contributed by atoms with E-state index < -0.39 is 22.8 Å². The van der Waals surface area contributed by atoms with E-state index in [1.807, 2.05) is 6.92 Å². The van der Waals surface area contributed by atoms with E-state index >= 15 is 0 Å². The first-order chi connectivity index (χ1) is 10.9. The van der Waals surface area contributed by atoms with Gasteiger partial charge in [0.25, 0.3) is 5.56 Å². The zero-order valence-corrected chi connectivity index (χ0v) is 13.3. The highest BCUT2D eigenvalue weighted by Crippen LogP contribution is 2.21. The Labute approximate surface area is 135 Å². The van der Waals surface area contributed by atoms with Gasteiger partial charge in [-0.15, -0.1) is 0 Å². The van der Waals surface area contributed by atoms with Gasteiger partial charge in [-0.05, 0) is 25.5 Å². The minimum absolute atomic E-state index is 0.104. The molecule has 0 radical (unpaired) electrons. The van der Waals surface area contributed by atoms with E-state index in [9.17, 15) is 18.4 Å². The first-order valence-electron chi connectivity index (χ1n) is 6.92. The molecule has 5 nitrogen and oxygen atoms in total. The van der Waals surface area contributed by atoms with Crippen LogP contribution in [0.5, 0.6) is 0 Å². The highest BCUT2D eigenvalue weighted by atomic mass is 32.2. The van der Waals surface area contributed by atoms with Gasteiger partial charge in [0.05, 0.1) is 10.9 Å². The Hall–Kier alpha value is -2.22. The molecule has 1 amide bonds. The van der Waals surface area contributed by atoms with Gasteiger partial charge in [-0.1, -0.05) is 18.7 Å². The van der Waals surface area contributed by atoms with Gasteiger partial charge in [0.15, 0.2) is 5.16 Å². The molecule has 2 N–H and O–H groups in total. The van der Waals surface area contributed by atoms with Gasteiger partial charge < -0.3 is 10.3 Å². The fourth-order valence-corrected chi connectivity index (χ4v) is 2.60.